The van der Waals surface area contributed by atoms with Crippen molar-refractivity contribution in [2.45, 2.75) is 31.3 Å². The Bertz CT molecular complexity index is 674. The van der Waals surface area contributed by atoms with E-state index in [0.29, 0.717) is 23.5 Å². The van der Waals surface area contributed by atoms with Gasteiger partial charge in [-0.2, -0.15) is 0 Å². The van der Waals surface area contributed by atoms with E-state index in [4.69, 9.17) is 0 Å². The highest BCUT2D eigenvalue weighted by Gasteiger charge is 2.32. The van der Waals surface area contributed by atoms with E-state index >= 15 is 0 Å². The van der Waals surface area contributed by atoms with Gasteiger partial charge in [0.25, 0.3) is 5.91 Å². The van der Waals surface area contributed by atoms with Gasteiger partial charge in [0.05, 0.1) is 6.20 Å². The first-order valence-corrected chi connectivity index (χ1v) is 8.45. The summed E-state index contributed by atoms with van der Waals surface area (Å²) >= 11 is 1.44. The molecule has 2 saturated heterocycles. The van der Waals surface area contributed by atoms with E-state index in [2.05, 4.69) is 20.3 Å². The summed E-state index contributed by atoms with van der Waals surface area (Å²) in [5.74, 6) is 0.0285. The Kier molecular flexibility index (Phi) is 3.59. The fourth-order valence-electron chi connectivity index (χ4n) is 3.19. The molecule has 2 aliphatic heterocycles. The van der Waals surface area contributed by atoms with Crippen molar-refractivity contribution in [2.75, 3.05) is 13.1 Å². The van der Waals surface area contributed by atoms with Gasteiger partial charge in [-0.15, -0.1) is 11.3 Å². The van der Waals surface area contributed by atoms with Crippen LogP contribution in [-0.2, 0) is 0 Å². The number of fused-ring (bicyclic) bond motifs is 2. The summed E-state index contributed by atoms with van der Waals surface area (Å²) in [7, 11) is 0. The summed E-state index contributed by atoms with van der Waals surface area (Å²) in [6.45, 7) is 1.60. The van der Waals surface area contributed by atoms with Crippen LogP contribution in [0.3, 0.4) is 0 Å². The van der Waals surface area contributed by atoms with Crippen molar-refractivity contribution in [2.24, 2.45) is 0 Å². The molecule has 2 aromatic heterocycles. The Labute approximate surface area is 132 Å². The van der Waals surface area contributed by atoms with Crippen LogP contribution in [0.5, 0.6) is 0 Å². The van der Waals surface area contributed by atoms with Crippen LogP contribution in [0.2, 0.25) is 0 Å². The quantitative estimate of drug-likeness (QED) is 0.911. The minimum atomic E-state index is 0.0285. The van der Waals surface area contributed by atoms with Gasteiger partial charge >= 0.3 is 0 Å². The molecule has 0 aromatic carbocycles. The molecular formula is C15H17N5OS. The summed E-state index contributed by atoms with van der Waals surface area (Å²) < 4.78 is 0. The van der Waals surface area contributed by atoms with Gasteiger partial charge in [-0.1, -0.05) is 0 Å². The Morgan fingerprint density at radius 2 is 2.18 bits per heavy atom. The van der Waals surface area contributed by atoms with Gasteiger partial charge in [0.2, 0.25) is 0 Å². The van der Waals surface area contributed by atoms with Crippen molar-refractivity contribution in [3.63, 3.8) is 0 Å². The molecule has 2 unspecified atom stereocenters. The fraction of sp³-hybridized carbons (Fsp3) is 0.467. The molecular weight excluding hydrogens is 298 g/mol. The molecule has 2 atom stereocenters. The SMILES string of the molecule is O=C(c1csc(-c2cnccn2)n1)N1CCC2CCC(C1)N2. The molecule has 0 spiro atoms. The topological polar surface area (TPSA) is 71.0 Å². The number of hydrogen-bond donors (Lipinski definition) is 1. The highest BCUT2D eigenvalue weighted by Crippen LogP contribution is 2.24. The van der Waals surface area contributed by atoms with Gasteiger partial charge in [-0.05, 0) is 19.3 Å². The Morgan fingerprint density at radius 3 is 3.05 bits per heavy atom. The fourth-order valence-corrected chi connectivity index (χ4v) is 3.94. The van der Waals surface area contributed by atoms with Crippen LogP contribution in [0.4, 0.5) is 0 Å². The van der Waals surface area contributed by atoms with Crippen LogP contribution in [0.1, 0.15) is 29.8 Å². The monoisotopic (exact) mass is 315 g/mol. The number of rotatable bonds is 2. The lowest BCUT2D eigenvalue weighted by molar-refractivity contribution is 0.0743. The molecule has 4 rings (SSSR count). The maximum atomic E-state index is 12.7. The summed E-state index contributed by atoms with van der Waals surface area (Å²) in [5, 5.41) is 6.15. The van der Waals surface area contributed by atoms with Gasteiger partial charge in [-0.25, -0.2) is 4.98 Å². The Morgan fingerprint density at radius 1 is 1.27 bits per heavy atom. The van der Waals surface area contributed by atoms with Crippen molar-refractivity contribution in [3.8, 4) is 10.7 Å². The number of aromatic nitrogens is 3. The first kappa shape index (κ1) is 13.8. The van der Waals surface area contributed by atoms with Crippen LogP contribution in [0.15, 0.2) is 24.0 Å². The first-order chi connectivity index (χ1) is 10.8. The molecule has 1 N–H and O–H groups in total. The summed E-state index contributed by atoms with van der Waals surface area (Å²) in [5.41, 5.74) is 1.23. The van der Waals surface area contributed by atoms with Crippen molar-refractivity contribution < 1.29 is 4.79 Å². The minimum absolute atomic E-state index is 0.0285. The third-order valence-electron chi connectivity index (χ3n) is 4.32. The zero-order valence-corrected chi connectivity index (χ0v) is 12.9. The molecule has 7 heteroatoms. The number of nitrogens with one attached hydrogen (secondary N) is 1. The second-order valence-corrected chi connectivity index (χ2v) is 6.66. The smallest absolute Gasteiger partial charge is 0.273 e. The highest BCUT2D eigenvalue weighted by atomic mass is 32.1. The summed E-state index contributed by atoms with van der Waals surface area (Å²) in [4.78, 5) is 27.3. The molecule has 0 aliphatic carbocycles. The van der Waals surface area contributed by atoms with Gasteiger partial charge in [0, 0.05) is 42.9 Å². The van der Waals surface area contributed by atoms with Gasteiger partial charge in [0.1, 0.15) is 16.4 Å². The molecule has 2 fully saturated rings. The average Bonchev–Trinajstić information content (AvgIpc) is 3.14. The van der Waals surface area contributed by atoms with E-state index in [1.165, 1.54) is 17.8 Å². The third kappa shape index (κ3) is 2.62. The molecule has 0 saturated carbocycles. The largest absolute Gasteiger partial charge is 0.336 e. The van der Waals surface area contributed by atoms with Crippen LogP contribution in [0, 0.1) is 0 Å². The number of carbonyl (C=O) groups is 1. The second-order valence-electron chi connectivity index (χ2n) is 5.81. The van der Waals surface area contributed by atoms with E-state index in [0.717, 1.165) is 30.9 Å². The van der Waals surface area contributed by atoms with Gasteiger partial charge in [-0.3, -0.25) is 14.8 Å². The third-order valence-corrected chi connectivity index (χ3v) is 5.18. The van der Waals surface area contributed by atoms with E-state index in [9.17, 15) is 4.79 Å². The number of amides is 1. The zero-order chi connectivity index (χ0) is 14.9. The molecule has 6 nitrogen and oxygen atoms in total. The number of thiazole rings is 1. The van der Waals surface area contributed by atoms with Crippen LogP contribution >= 0.6 is 11.3 Å². The van der Waals surface area contributed by atoms with Crippen LogP contribution in [-0.4, -0.2) is 50.9 Å². The minimum Gasteiger partial charge on any atom is -0.336 e. The second kappa shape index (κ2) is 5.73. The highest BCUT2D eigenvalue weighted by molar-refractivity contribution is 7.13. The lowest BCUT2D eigenvalue weighted by atomic mass is 10.1. The number of hydrogen-bond acceptors (Lipinski definition) is 6. The van der Waals surface area contributed by atoms with Crippen LogP contribution in [0.25, 0.3) is 10.7 Å². The molecule has 2 aromatic rings. The van der Waals surface area contributed by atoms with Crippen LogP contribution < -0.4 is 5.32 Å². The Balaban J connectivity index is 1.52. The maximum absolute atomic E-state index is 12.7. The summed E-state index contributed by atoms with van der Waals surface area (Å²) in [6, 6.07) is 1.02. The maximum Gasteiger partial charge on any atom is 0.273 e. The summed E-state index contributed by atoms with van der Waals surface area (Å²) in [6.07, 6.45) is 8.36. The van der Waals surface area contributed by atoms with Gasteiger partial charge in [0.15, 0.2) is 0 Å². The average molecular weight is 315 g/mol. The normalized spacial score (nSPS) is 24.3. The molecule has 114 valence electrons. The van der Waals surface area contributed by atoms with Crippen molar-refractivity contribution in [1.82, 2.24) is 25.2 Å². The standard InChI is InChI=1S/C15H17N5OS/c21-15(20-6-3-10-1-2-11(8-20)18-10)13-9-22-14(19-13)12-7-16-4-5-17-12/h4-5,7,9-11,18H,1-3,6,8H2. The van der Waals surface area contributed by atoms with Crippen molar-refractivity contribution in [1.29, 1.82) is 0 Å². The predicted molar refractivity (Wildman–Crippen MR) is 83.6 cm³/mol. The molecule has 2 bridgehead atoms. The molecule has 22 heavy (non-hydrogen) atoms. The molecule has 2 aliphatic rings. The van der Waals surface area contributed by atoms with Crippen molar-refractivity contribution >= 4 is 17.2 Å². The van der Waals surface area contributed by atoms with Crippen molar-refractivity contribution in [3.05, 3.63) is 29.7 Å². The van der Waals surface area contributed by atoms with E-state index in [1.807, 2.05) is 10.3 Å². The number of carbonyl (C=O) groups excluding carboxylic acids is 1. The molecule has 4 heterocycles. The number of likely N-dealkylation sites (tertiary alicyclic amines) is 1. The van der Waals surface area contributed by atoms with E-state index in [1.54, 1.807) is 18.6 Å². The van der Waals surface area contributed by atoms with E-state index in [-0.39, 0.29) is 5.91 Å². The van der Waals surface area contributed by atoms with E-state index < -0.39 is 0 Å². The first-order valence-electron chi connectivity index (χ1n) is 7.57. The molecule has 1 amide bonds. The van der Waals surface area contributed by atoms with Gasteiger partial charge < -0.3 is 10.2 Å². The Hall–Kier alpha value is -1.86. The number of nitrogens with zero attached hydrogens (tertiary/aromatic N) is 4. The lowest BCUT2D eigenvalue weighted by Crippen LogP contribution is -2.39. The molecule has 0 radical (unpaired) electrons. The zero-order valence-electron chi connectivity index (χ0n) is 12.1. The predicted octanol–water partition coefficient (Wildman–Crippen LogP) is 1.57. The lowest BCUT2D eigenvalue weighted by Gasteiger charge is -2.23.